The van der Waals surface area contributed by atoms with E-state index in [-0.39, 0.29) is 0 Å². The molecule has 1 N–H and O–H groups in total. The fourth-order valence-corrected chi connectivity index (χ4v) is 3.30. The Morgan fingerprint density at radius 2 is 2.03 bits per heavy atom. The van der Waals surface area contributed by atoms with Crippen molar-refractivity contribution in [3.63, 3.8) is 0 Å². The number of aliphatic imine (C=N–C) groups is 1. The van der Waals surface area contributed by atoms with Crippen molar-refractivity contribution >= 4 is 5.96 Å². The van der Waals surface area contributed by atoms with Crippen LogP contribution in [0.1, 0.15) is 18.4 Å². The Morgan fingerprint density at radius 1 is 1.24 bits per heavy atom. The first-order chi connectivity index (χ1) is 14.3. The van der Waals surface area contributed by atoms with Crippen molar-refractivity contribution in [2.75, 3.05) is 73.3 Å². The van der Waals surface area contributed by atoms with Gasteiger partial charge >= 0.3 is 0 Å². The zero-order chi connectivity index (χ0) is 20.3. The van der Waals surface area contributed by atoms with Crippen molar-refractivity contribution in [1.29, 1.82) is 0 Å². The molecule has 162 valence electrons. The van der Waals surface area contributed by atoms with Crippen LogP contribution in [0.5, 0.6) is 5.75 Å². The van der Waals surface area contributed by atoms with E-state index in [0.29, 0.717) is 13.2 Å². The molecule has 29 heavy (non-hydrogen) atoms. The van der Waals surface area contributed by atoms with Gasteiger partial charge in [-0.3, -0.25) is 9.89 Å². The molecule has 0 amide bonds. The van der Waals surface area contributed by atoms with Gasteiger partial charge in [0.15, 0.2) is 5.96 Å². The van der Waals surface area contributed by atoms with Gasteiger partial charge in [0.05, 0.1) is 19.8 Å². The first kappa shape index (κ1) is 21.9. The summed E-state index contributed by atoms with van der Waals surface area (Å²) in [6.07, 6.45) is 2.65. The van der Waals surface area contributed by atoms with Crippen LogP contribution in [0.2, 0.25) is 0 Å². The minimum absolute atomic E-state index is 0.674. The number of guanidine groups is 1. The topological polar surface area (TPSA) is 58.6 Å². The maximum Gasteiger partial charge on any atom is 0.193 e. The standard InChI is InChI=1S/C22H36N4O3/c1-23-22(25(2)9-13-28-18-19-7-8-19)24-17-20-5-3-4-6-21(20)29-16-12-26-10-14-27-15-11-26/h3-6,19H,7-18H2,1-2H3,(H,23,24). The van der Waals surface area contributed by atoms with E-state index in [9.17, 15) is 0 Å². The highest BCUT2D eigenvalue weighted by Gasteiger charge is 2.21. The molecule has 1 aromatic rings. The average molecular weight is 405 g/mol. The summed E-state index contributed by atoms with van der Waals surface area (Å²) in [5, 5.41) is 3.44. The van der Waals surface area contributed by atoms with Gasteiger partial charge in [-0.1, -0.05) is 18.2 Å². The van der Waals surface area contributed by atoms with Gasteiger partial charge in [0.2, 0.25) is 0 Å². The Balaban J connectivity index is 1.40. The Kier molecular flexibility index (Phi) is 9.05. The minimum atomic E-state index is 0.674. The first-order valence-corrected chi connectivity index (χ1v) is 10.8. The summed E-state index contributed by atoms with van der Waals surface area (Å²) in [6, 6.07) is 8.20. The zero-order valence-electron chi connectivity index (χ0n) is 17.9. The number of hydrogen-bond acceptors (Lipinski definition) is 5. The molecule has 2 fully saturated rings. The lowest BCUT2D eigenvalue weighted by atomic mass is 10.2. The van der Waals surface area contributed by atoms with E-state index in [2.05, 4.69) is 26.2 Å². The van der Waals surface area contributed by atoms with Gasteiger partial charge in [-0.05, 0) is 24.8 Å². The largest absolute Gasteiger partial charge is 0.492 e. The van der Waals surface area contributed by atoms with Gasteiger partial charge < -0.3 is 24.4 Å². The predicted molar refractivity (Wildman–Crippen MR) is 116 cm³/mol. The third-order valence-electron chi connectivity index (χ3n) is 5.37. The van der Waals surface area contributed by atoms with Crippen LogP contribution >= 0.6 is 0 Å². The number of nitrogens with one attached hydrogen (secondary N) is 1. The summed E-state index contributed by atoms with van der Waals surface area (Å²) in [5.41, 5.74) is 1.13. The number of likely N-dealkylation sites (N-methyl/N-ethyl adjacent to an activating group) is 1. The van der Waals surface area contributed by atoms with Crippen molar-refractivity contribution in [1.82, 2.24) is 15.1 Å². The lowest BCUT2D eigenvalue weighted by molar-refractivity contribution is 0.0322. The molecule has 0 atom stereocenters. The lowest BCUT2D eigenvalue weighted by Crippen LogP contribution is -2.40. The number of benzene rings is 1. The van der Waals surface area contributed by atoms with Crippen LogP contribution in [-0.2, 0) is 16.0 Å². The molecule has 1 saturated heterocycles. The van der Waals surface area contributed by atoms with E-state index in [1.807, 2.05) is 32.3 Å². The van der Waals surface area contributed by atoms with Crippen LogP contribution < -0.4 is 10.1 Å². The van der Waals surface area contributed by atoms with E-state index >= 15 is 0 Å². The number of hydrogen-bond donors (Lipinski definition) is 1. The second kappa shape index (κ2) is 12.0. The predicted octanol–water partition coefficient (Wildman–Crippen LogP) is 1.83. The van der Waals surface area contributed by atoms with E-state index in [0.717, 1.165) is 75.8 Å². The maximum atomic E-state index is 6.08. The summed E-state index contributed by atoms with van der Waals surface area (Å²) < 4.78 is 17.2. The number of morpholine rings is 1. The van der Waals surface area contributed by atoms with Crippen molar-refractivity contribution in [3.05, 3.63) is 29.8 Å². The van der Waals surface area contributed by atoms with Crippen LogP contribution in [0.4, 0.5) is 0 Å². The second-order valence-electron chi connectivity index (χ2n) is 7.75. The highest BCUT2D eigenvalue weighted by atomic mass is 16.5. The first-order valence-electron chi connectivity index (χ1n) is 10.8. The van der Waals surface area contributed by atoms with Crippen LogP contribution in [0.25, 0.3) is 0 Å². The summed E-state index contributed by atoms with van der Waals surface area (Å²) >= 11 is 0. The highest BCUT2D eigenvalue weighted by Crippen LogP contribution is 2.28. The Morgan fingerprint density at radius 3 is 2.79 bits per heavy atom. The lowest BCUT2D eigenvalue weighted by Gasteiger charge is -2.26. The smallest absolute Gasteiger partial charge is 0.193 e. The quantitative estimate of drug-likeness (QED) is 0.345. The third-order valence-corrected chi connectivity index (χ3v) is 5.37. The fourth-order valence-electron chi connectivity index (χ4n) is 3.30. The fraction of sp³-hybridized carbons (Fsp3) is 0.682. The van der Waals surface area contributed by atoms with Crippen molar-refractivity contribution in [3.8, 4) is 5.75 Å². The second-order valence-corrected chi connectivity index (χ2v) is 7.75. The minimum Gasteiger partial charge on any atom is -0.492 e. The highest BCUT2D eigenvalue weighted by molar-refractivity contribution is 5.79. The number of rotatable bonds is 11. The molecule has 0 radical (unpaired) electrons. The average Bonchev–Trinajstić information content (AvgIpc) is 3.58. The molecule has 3 rings (SSSR count). The molecule has 1 saturated carbocycles. The Hall–Kier alpha value is -1.83. The van der Waals surface area contributed by atoms with Gasteiger partial charge in [-0.2, -0.15) is 0 Å². The Bertz CT molecular complexity index is 630. The van der Waals surface area contributed by atoms with Gasteiger partial charge in [0.25, 0.3) is 0 Å². The van der Waals surface area contributed by atoms with E-state index in [1.165, 1.54) is 12.8 Å². The van der Waals surface area contributed by atoms with E-state index in [1.54, 1.807) is 0 Å². The molecular formula is C22H36N4O3. The monoisotopic (exact) mass is 404 g/mol. The van der Waals surface area contributed by atoms with Crippen LogP contribution in [0.15, 0.2) is 29.3 Å². The van der Waals surface area contributed by atoms with Crippen LogP contribution in [0, 0.1) is 5.92 Å². The molecular weight excluding hydrogens is 368 g/mol. The zero-order valence-corrected chi connectivity index (χ0v) is 17.9. The number of nitrogens with zero attached hydrogens (tertiary/aromatic N) is 3. The summed E-state index contributed by atoms with van der Waals surface area (Å²) in [7, 11) is 3.86. The molecule has 1 aromatic carbocycles. The van der Waals surface area contributed by atoms with Crippen molar-refractivity contribution in [2.24, 2.45) is 10.9 Å². The van der Waals surface area contributed by atoms with E-state index < -0.39 is 0 Å². The molecule has 7 nitrogen and oxygen atoms in total. The third kappa shape index (κ3) is 7.84. The molecule has 0 bridgehead atoms. The number of para-hydroxylation sites is 1. The molecule has 1 aliphatic heterocycles. The molecule has 2 aliphatic rings. The Labute approximate surface area is 175 Å². The van der Waals surface area contributed by atoms with Crippen molar-refractivity contribution in [2.45, 2.75) is 19.4 Å². The molecule has 7 heteroatoms. The van der Waals surface area contributed by atoms with E-state index in [4.69, 9.17) is 14.2 Å². The molecule has 0 aromatic heterocycles. The molecule has 1 aliphatic carbocycles. The SMILES string of the molecule is CN=C(NCc1ccccc1OCCN1CCOCC1)N(C)CCOCC1CC1. The van der Waals surface area contributed by atoms with Crippen LogP contribution in [-0.4, -0.2) is 89.1 Å². The number of ether oxygens (including phenoxy) is 3. The summed E-state index contributed by atoms with van der Waals surface area (Å²) in [4.78, 5) is 8.89. The van der Waals surface area contributed by atoms with Crippen LogP contribution in [0.3, 0.4) is 0 Å². The van der Waals surface area contributed by atoms with Gasteiger partial charge in [0, 0.05) is 59.0 Å². The summed E-state index contributed by atoms with van der Waals surface area (Å²) in [5.74, 6) is 2.60. The van der Waals surface area contributed by atoms with Gasteiger partial charge in [-0.25, -0.2) is 0 Å². The normalized spacial score (nSPS) is 17.9. The van der Waals surface area contributed by atoms with Gasteiger partial charge in [0.1, 0.15) is 12.4 Å². The maximum absolute atomic E-state index is 6.08. The van der Waals surface area contributed by atoms with Gasteiger partial charge in [-0.15, -0.1) is 0 Å². The van der Waals surface area contributed by atoms with Crippen molar-refractivity contribution < 1.29 is 14.2 Å². The summed E-state index contributed by atoms with van der Waals surface area (Å²) in [6.45, 7) is 8.35. The molecule has 0 unspecified atom stereocenters. The molecule has 0 spiro atoms. The molecule has 1 heterocycles.